The maximum Gasteiger partial charge on any atom is 0.282 e. The van der Waals surface area contributed by atoms with Crippen LogP contribution in [-0.2, 0) is 5.54 Å². The zero-order valence-corrected chi connectivity index (χ0v) is 13.5. The van der Waals surface area contributed by atoms with Crippen LogP contribution in [-0.4, -0.2) is 34.9 Å². The first kappa shape index (κ1) is 15.8. The second-order valence-corrected chi connectivity index (χ2v) is 6.89. The van der Waals surface area contributed by atoms with Crippen molar-refractivity contribution < 1.29 is 13.6 Å². The van der Waals surface area contributed by atoms with Gasteiger partial charge in [0.05, 0.1) is 24.3 Å². The van der Waals surface area contributed by atoms with Gasteiger partial charge in [-0.05, 0) is 26.0 Å². The number of rotatable bonds is 4. The molecule has 0 spiro atoms. The van der Waals surface area contributed by atoms with Crippen LogP contribution in [0.4, 0.5) is 14.5 Å². The van der Waals surface area contributed by atoms with E-state index in [4.69, 9.17) is 0 Å². The topological polar surface area (TPSA) is 58.1 Å². The van der Waals surface area contributed by atoms with Gasteiger partial charge >= 0.3 is 0 Å². The van der Waals surface area contributed by atoms with E-state index in [9.17, 15) is 13.6 Å². The van der Waals surface area contributed by atoms with Gasteiger partial charge < -0.3 is 10.2 Å². The van der Waals surface area contributed by atoms with E-state index in [0.717, 1.165) is 5.01 Å². The molecule has 0 saturated carbocycles. The Morgan fingerprint density at radius 3 is 2.70 bits per heavy atom. The molecule has 1 aliphatic rings. The molecular weight excluding hydrogens is 322 g/mol. The van der Waals surface area contributed by atoms with Crippen LogP contribution in [0, 0.1) is 0 Å². The van der Waals surface area contributed by atoms with E-state index in [1.807, 2.05) is 19.2 Å². The number of nitrogens with zero attached hydrogens (tertiary/aromatic N) is 3. The standard InChI is InChI=1S/C15H16F2N4OS/c1-14(2,13-19-6-7-23-13)20-12(22)11-10(4-3-5-18-11)21-8-15(16,17)9-21/h3-7H,8-9H2,1-2H3,(H,20,22). The summed E-state index contributed by atoms with van der Waals surface area (Å²) in [5, 5.41) is 5.47. The smallest absolute Gasteiger partial charge is 0.282 e. The molecule has 3 rings (SSSR count). The number of thiazole rings is 1. The molecule has 1 aliphatic heterocycles. The first-order chi connectivity index (χ1) is 10.8. The minimum atomic E-state index is -2.70. The first-order valence-electron chi connectivity index (χ1n) is 7.09. The van der Waals surface area contributed by atoms with Crippen LogP contribution in [0.1, 0.15) is 29.3 Å². The summed E-state index contributed by atoms with van der Waals surface area (Å²) in [6.45, 7) is 2.89. The number of carbonyl (C=O) groups excluding carboxylic acids is 1. The molecule has 8 heteroatoms. The minimum Gasteiger partial charge on any atom is -0.357 e. The number of nitrogens with one attached hydrogen (secondary N) is 1. The second-order valence-electron chi connectivity index (χ2n) is 6.00. The van der Waals surface area contributed by atoms with E-state index in [2.05, 4.69) is 15.3 Å². The summed E-state index contributed by atoms with van der Waals surface area (Å²) in [5.74, 6) is -3.11. The molecule has 5 nitrogen and oxygen atoms in total. The van der Waals surface area contributed by atoms with Gasteiger partial charge in [0.2, 0.25) is 0 Å². The normalized spacial score (nSPS) is 16.8. The second kappa shape index (κ2) is 5.52. The summed E-state index contributed by atoms with van der Waals surface area (Å²) in [7, 11) is 0. The van der Waals surface area contributed by atoms with Crippen molar-refractivity contribution in [2.24, 2.45) is 0 Å². The minimum absolute atomic E-state index is 0.146. The zero-order valence-electron chi connectivity index (χ0n) is 12.7. The fourth-order valence-electron chi connectivity index (χ4n) is 2.44. The van der Waals surface area contributed by atoms with Crippen LogP contribution in [0.3, 0.4) is 0 Å². The fraction of sp³-hybridized carbons (Fsp3) is 0.400. The molecule has 0 aromatic carbocycles. The molecule has 2 aromatic heterocycles. The van der Waals surface area contributed by atoms with Crippen molar-refractivity contribution in [1.82, 2.24) is 15.3 Å². The molecule has 1 amide bonds. The molecule has 2 aromatic rings. The van der Waals surface area contributed by atoms with Gasteiger partial charge in [-0.2, -0.15) is 0 Å². The van der Waals surface area contributed by atoms with Gasteiger partial charge in [-0.25, -0.2) is 18.7 Å². The Labute approximate surface area is 136 Å². The molecule has 23 heavy (non-hydrogen) atoms. The highest BCUT2D eigenvalue weighted by molar-refractivity contribution is 7.09. The van der Waals surface area contributed by atoms with Crippen LogP contribution in [0.2, 0.25) is 0 Å². The predicted octanol–water partition coefficient (Wildman–Crippen LogP) is 2.66. The fourth-order valence-corrected chi connectivity index (χ4v) is 3.16. The zero-order chi connectivity index (χ0) is 16.7. The lowest BCUT2D eigenvalue weighted by atomic mass is 10.1. The quantitative estimate of drug-likeness (QED) is 0.931. The molecule has 0 radical (unpaired) electrons. The number of amides is 1. The predicted molar refractivity (Wildman–Crippen MR) is 84.0 cm³/mol. The average Bonchev–Trinajstić information content (AvgIpc) is 2.99. The Balaban J connectivity index is 1.81. The summed E-state index contributed by atoms with van der Waals surface area (Å²) >= 11 is 1.44. The Hall–Kier alpha value is -2.09. The summed E-state index contributed by atoms with van der Waals surface area (Å²) < 4.78 is 26.2. The van der Waals surface area contributed by atoms with Gasteiger partial charge in [0.25, 0.3) is 11.8 Å². The van der Waals surface area contributed by atoms with Gasteiger partial charge in [-0.1, -0.05) is 0 Å². The van der Waals surface area contributed by atoms with Gasteiger partial charge in [-0.3, -0.25) is 4.79 Å². The highest BCUT2D eigenvalue weighted by Crippen LogP contribution is 2.33. The molecule has 1 saturated heterocycles. The maximum absolute atomic E-state index is 13.1. The van der Waals surface area contributed by atoms with Crippen LogP contribution >= 0.6 is 11.3 Å². The van der Waals surface area contributed by atoms with E-state index in [1.165, 1.54) is 22.4 Å². The third kappa shape index (κ3) is 3.17. The van der Waals surface area contributed by atoms with Crippen molar-refractivity contribution in [3.8, 4) is 0 Å². The molecule has 1 fully saturated rings. The largest absolute Gasteiger partial charge is 0.357 e. The van der Waals surface area contributed by atoms with Crippen LogP contribution in [0.15, 0.2) is 29.9 Å². The molecule has 0 atom stereocenters. The number of aromatic nitrogens is 2. The molecule has 0 aliphatic carbocycles. The van der Waals surface area contributed by atoms with E-state index in [0.29, 0.717) is 5.69 Å². The lowest BCUT2D eigenvalue weighted by Gasteiger charge is -2.41. The van der Waals surface area contributed by atoms with Crippen molar-refractivity contribution in [1.29, 1.82) is 0 Å². The molecule has 0 bridgehead atoms. The molecular formula is C15H16F2N4OS. The average molecular weight is 338 g/mol. The number of halogens is 2. The van der Waals surface area contributed by atoms with Gasteiger partial charge in [0.1, 0.15) is 5.01 Å². The molecule has 122 valence electrons. The number of hydrogen-bond donors (Lipinski definition) is 1. The van der Waals surface area contributed by atoms with Crippen molar-refractivity contribution >= 4 is 22.9 Å². The summed E-state index contributed by atoms with van der Waals surface area (Å²) in [4.78, 5) is 22.3. The van der Waals surface area contributed by atoms with Crippen LogP contribution in [0.25, 0.3) is 0 Å². The lowest BCUT2D eigenvalue weighted by Crippen LogP contribution is -2.57. The van der Waals surface area contributed by atoms with Crippen LogP contribution in [0.5, 0.6) is 0 Å². The van der Waals surface area contributed by atoms with Crippen LogP contribution < -0.4 is 10.2 Å². The van der Waals surface area contributed by atoms with Crippen molar-refractivity contribution in [3.63, 3.8) is 0 Å². The molecule has 3 heterocycles. The Morgan fingerprint density at radius 2 is 2.09 bits per heavy atom. The van der Waals surface area contributed by atoms with E-state index < -0.39 is 30.5 Å². The van der Waals surface area contributed by atoms with E-state index >= 15 is 0 Å². The summed E-state index contributed by atoms with van der Waals surface area (Å²) in [6.07, 6.45) is 3.15. The monoisotopic (exact) mass is 338 g/mol. The number of pyridine rings is 1. The van der Waals surface area contributed by atoms with Crippen molar-refractivity contribution in [3.05, 3.63) is 40.6 Å². The highest BCUT2D eigenvalue weighted by atomic mass is 32.1. The van der Waals surface area contributed by atoms with E-state index in [-0.39, 0.29) is 5.69 Å². The van der Waals surface area contributed by atoms with E-state index in [1.54, 1.807) is 18.3 Å². The SMILES string of the molecule is CC(C)(NC(=O)c1ncccc1N1CC(F)(F)C1)c1nccs1. The number of anilines is 1. The summed E-state index contributed by atoms with van der Waals surface area (Å²) in [5.41, 5.74) is -0.0997. The summed E-state index contributed by atoms with van der Waals surface area (Å²) in [6, 6.07) is 3.27. The van der Waals surface area contributed by atoms with Gasteiger partial charge in [0.15, 0.2) is 5.69 Å². The lowest BCUT2D eigenvalue weighted by molar-refractivity contribution is -0.0263. The molecule has 1 N–H and O–H groups in total. The maximum atomic E-state index is 13.1. The number of hydrogen-bond acceptors (Lipinski definition) is 5. The third-order valence-electron chi connectivity index (χ3n) is 3.58. The molecule has 0 unspecified atom stereocenters. The van der Waals surface area contributed by atoms with Crippen molar-refractivity contribution in [2.75, 3.05) is 18.0 Å². The van der Waals surface area contributed by atoms with Gasteiger partial charge in [-0.15, -0.1) is 11.3 Å². The Bertz CT molecular complexity index is 710. The third-order valence-corrected chi connectivity index (χ3v) is 4.68. The first-order valence-corrected chi connectivity index (χ1v) is 7.97. The number of carbonyl (C=O) groups is 1. The Morgan fingerprint density at radius 1 is 1.35 bits per heavy atom. The van der Waals surface area contributed by atoms with Crippen molar-refractivity contribution in [2.45, 2.75) is 25.3 Å². The van der Waals surface area contributed by atoms with Gasteiger partial charge in [0, 0.05) is 17.8 Å². The highest BCUT2D eigenvalue weighted by Gasteiger charge is 2.45. The number of alkyl halides is 2. The Kier molecular flexibility index (Phi) is 3.79.